The summed E-state index contributed by atoms with van der Waals surface area (Å²) < 4.78 is 15.0. The monoisotopic (exact) mass is 393 g/mol. The summed E-state index contributed by atoms with van der Waals surface area (Å²) in [5, 5.41) is 2.52. The van der Waals surface area contributed by atoms with Crippen molar-refractivity contribution in [2.45, 2.75) is 53.0 Å². The molecule has 0 bridgehead atoms. The average molecular weight is 393 g/mol. The van der Waals surface area contributed by atoms with Gasteiger partial charge < -0.3 is 19.5 Å². The van der Waals surface area contributed by atoms with Gasteiger partial charge in [-0.15, -0.1) is 0 Å². The van der Waals surface area contributed by atoms with Gasteiger partial charge in [0.05, 0.1) is 7.11 Å². The lowest BCUT2D eigenvalue weighted by atomic mass is 9.98. The van der Waals surface area contributed by atoms with Crippen molar-refractivity contribution >= 4 is 17.8 Å². The fraction of sp³-hybridized carbons (Fsp3) is 0.571. The van der Waals surface area contributed by atoms with Crippen LogP contribution in [0.25, 0.3) is 0 Å². The van der Waals surface area contributed by atoms with E-state index in [9.17, 15) is 14.4 Å². The van der Waals surface area contributed by atoms with E-state index >= 15 is 0 Å². The minimum atomic E-state index is -0.769. The number of methoxy groups -OCH3 is 1. The summed E-state index contributed by atoms with van der Waals surface area (Å²) in [4.78, 5) is 35.5. The van der Waals surface area contributed by atoms with Gasteiger partial charge >= 0.3 is 11.9 Å². The molecule has 0 unspecified atom stereocenters. The van der Waals surface area contributed by atoms with Crippen LogP contribution in [-0.4, -0.2) is 44.2 Å². The highest BCUT2D eigenvalue weighted by Gasteiger charge is 2.23. The Kier molecular flexibility index (Phi) is 9.48. The predicted molar refractivity (Wildman–Crippen MR) is 105 cm³/mol. The number of nitrogens with one attached hydrogen (secondary N) is 1. The summed E-state index contributed by atoms with van der Waals surface area (Å²) in [6.07, 6.45) is 0.432. The molecule has 0 aromatic heterocycles. The SMILES string of the molecule is COC(=O)[C@@H](CC(C)C)NC(=O)COC(=O)COc1ccc(C(C)C)c(C)c1. The molecule has 0 saturated heterocycles. The number of aryl methyl sites for hydroxylation is 1. The van der Waals surface area contributed by atoms with Gasteiger partial charge in [-0.2, -0.15) is 0 Å². The molecule has 1 amide bonds. The van der Waals surface area contributed by atoms with Gasteiger partial charge in [0.15, 0.2) is 13.2 Å². The lowest BCUT2D eigenvalue weighted by Crippen LogP contribution is -2.44. The van der Waals surface area contributed by atoms with Crippen LogP contribution in [0.1, 0.15) is 51.2 Å². The molecule has 0 fully saturated rings. The van der Waals surface area contributed by atoms with Crippen molar-refractivity contribution < 1.29 is 28.6 Å². The Hall–Kier alpha value is -2.57. The zero-order valence-electron chi connectivity index (χ0n) is 17.5. The molecule has 1 N–H and O–H groups in total. The van der Waals surface area contributed by atoms with E-state index in [1.807, 2.05) is 32.9 Å². The van der Waals surface area contributed by atoms with Crippen LogP contribution >= 0.6 is 0 Å². The number of ether oxygens (including phenoxy) is 3. The second kappa shape index (κ2) is 11.3. The van der Waals surface area contributed by atoms with E-state index in [0.29, 0.717) is 18.1 Å². The third-order valence-corrected chi connectivity index (χ3v) is 4.11. The molecule has 0 radical (unpaired) electrons. The second-order valence-electron chi connectivity index (χ2n) is 7.40. The zero-order chi connectivity index (χ0) is 21.3. The summed E-state index contributed by atoms with van der Waals surface area (Å²) in [5.41, 5.74) is 2.30. The van der Waals surface area contributed by atoms with E-state index in [4.69, 9.17) is 9.47 Å². The molecule has 1 aromatic carbocycles. The largest absolute Gasteiger partial charge is 0.482 e. The van der Waals surface area contributed by atoms with Crippen molar-refractivity contribution in [1.82, 2.24) is 5.32 Å². The van der Waals surface area contributed by atoms with E-state index in [-0.39, 0.29) is 12.5 Å². The van der Waals surface area contributed by atoms with Gasteiger partial charge in [0.1, 0.15) is 11.8 Å². The lowest BCUT2D eigenvalue weighted by Gasteiger charge is -2.18. The molecule has 156 valence electrons. The van der Waals surface area contributed by atoms with Crippen molar-refractivity contribution in [3.05, 3.63) is 29.3 Å². The van der Waals surface area contributed by atoms with Crippen molar-refractivity contribution in [2.75, 3.05) is 20.3 Å². The number of hydrogen-bond donors (Lipinski definition) is 1. The van der Waals surface area contributed by atoms with Crippen LogP contribution in [0, 0.1) is 12.8 Å². The fourth-order valence-corrected chi connectivity index (χ4v) is 2.78. The summed E-state index contributed by atoms with van der Waals surface area (Å²) in [5.74, 6) is -0.614. The highest BCUT2D eigenvalue weighted by atomic mass is 16.6. The minimum Gasteiger partial charge on any atom is -0.482 e. The molecule has 28 heavy (non-hydrogen) atoms. The lowest BCUT2D eigenvalue weighted by molar-refractivity contribution is -0.151. The maximum atomic E-state index is 11.9. The highest BCUT2D eigenvalue weighted by molar-refractivity contribution is 5.86. The number of carbonyl (C=O) groups excluding carboxylic acids is 3. The molecule has 0 aliphatic carbocycles. The molecule has 1 atom stereocenters. The number of amides is 1. The maximum Gasteiger partial charge on any atom is 0.344 e. The molecule has 0 saturated carbocycles. The Balaban J connectivity index is 2.46. The van der Waals surface area contributed by atoms with E-state index < -0.39 is 30.5 Å². The highest BCUT2D eigenvalue weighted by Crippen LogP contribution is 2.23. The quantitative estimate of drug-likeness (QED) is 0.615. The van der Waals surface area contributed by atoms with E-state index in [1.165, 1.54) is 12.7 Å². The van der Waals surface area contributed by atoms with Crippen LogP contribution in [0.3, 0.4) is 0 Å². The van der Waals surface area contributed by atoms with Gasteiger partial charge in [-0.3, -0.25) is 4.79 Å². The van der Waals surface area contributed by atoms with Gasteiger partial charge in [0, 0.05) is 0 Å². The van der Waals surface area contributed by atoms with Crippen LogP contribution in [0.5, 0.6) is 5.75 Å². The molecule has 0 aliphatic heterocycles. The number of rotatable bonds is 10. The summed E-state index contributed by atoms with van der Waals surface area (Å²) in [7, 11) is 1.26. The Morgan fingerprint density at radius 3 is 2.29 bits per heavy atom. The molecular weight excluding hydrogens is 362 g/mol. The second-order valence-corrected chi connectivity index (χ2v) is 7.40. The number of carbonyl (C=O) groups is 3. The van der Waals surface area contributed by atoms with Crippen molar-refractivity contribution in [1.29, 1.82) is 0 Å². The molecule has 7 heteroatoms. The topological polar surface area (TPSA) is 90.9 Å². The van der Waals surface area contributed by atoms with Crippen LogP contribution < -0.4 is 10.1 Å². The molecular formula is C21H31NO6. The van der Waals surface area contributed by atoms with E-state index in [0.717, 1.165) is 5.56 Å². The fourth-order valence-electron chi connectivity index (χ4n) is 2.78. The molecule has 0 aliphatic rings. The van der Waals surface area contributed by atoms with Crippen LogP contribution in [0.2, 0.25) is 0 Å². The summed E-state index contributed by atoms with van der Waals surface area (Å²) in [6, 6.07) is 4.86. The van der Waals surface area contributed by atoms with Gasteiger partial charge in [-0.25, -0.2) is 9.59 Å². The molecule has 0 heterocycles. The molecule has 1 rings (SSSR count). The van der Waals surface area contributed by atoms with Gasteiger partial charge in [0.25, 0.3) is 5.91 Å². The first-order chi connectivity index (χ1) is 13.1. The third kappa shape index (κ3) is 7.98. The van der Waals surface area contributed by atoms with Crippen molar-refractivity contribution in [2.24, 2.45) is 5.92 Å². The average Bonchev–Trinajstić information content (AvgIpc) is 2.62. The minimum absolute atomic E-state index is 0.186. The standard InChI is InChI=1S/C21H31NO6/c1-13(2)9-18(21(25)26-6)22-19(23)11-28-20(24)12-27-16-7-8-17(14(3)4)15(5)10-16/h7-8,10,13-14,18H,9,11-12H2,1-6H3,(H,22,23)/t18-/m1/s1. The van der Waals surface area contributed by atoms with E-state index in [2.05, 4.69) is 23.9 Å². The van der Waals surface area contributed by atoms with Gasteiger partial charge in [-0.1, -0.05) is 33.8 Å². The molecule has 1 aromatic rings. The molecule has 0 spiro atoms. The van der Waals surface area contributed by atoms with Crippen LogP contribution in [-0.2, 0) is 23.9 Å². The first-order valence-corrected chi connectivity index (χ1v) is 9.40. The zero-order valence-corrected chi connectivity index (χ0v) is 17.5. The number of hydrogen-bond acceptors (Lipinski definition) is 6. The van der Waals surface area contributed by atoms with Crippen LogP contribution in [0.4, 0.5) is 0 Å². The Labute approximate surface area is 166 Å². The first kappa shape index (κ1) is 23.5. The van der Waals surface area contributed by atoms with E-state index in [1.54, 1.807) is 6.07 Å². The Morgan fingerprint density at radius 2 is 1.75 bits per heavy atom. The van der Waals surface area contributed by atoms with Gasteiger partial charge in [0.2, 0.25) is 0 Å². The smallest absolute Gasteiger partial charge is 0.344 e. The maximum absolute atomic E-state index is 11.9. The Bertz CT molecular complexity index is 683. The number of benzene rings is 1. The number of esters is 2. The predicted octanol–water partition coefficient (Wildman–Crippen LogP) is 2.74. The third-order valence-electron chi connectivity index (χ3n) is 4.11. The van der Waals surface area contributed by atoms with Crippen molar-refractivity contribution in [3.63, 3.8) is 0 Å². The normalized spacial score (nSPS) is 11.9. The summed E-state index contributed by atoms with van der Waals surface area (Å²) >= 11 is 0. The first-order valence-electron chi connectivity index (χ1n) is 9.40. The summed E-state index contributed by atoms with van der Waals surface area (Å²) in [6.45, 7) is 9.26. The van der Waals surface area contributed by atoms with Gasteiger partial charge in [-0.05, 0) is 48.4 Å². The van der Waals surface area contributed by atoms with Crippen LogP contribution in [0.15, 0.2) is 18.2 Å². The van der Waals surface area contributed by atoms with Crippen molar-refractivity contribution in [3.8, 4) is 5.75 Å². The molecule has 7 nitrogen and oxygen atoms in total. The Morgan fingerprint density at radius 1 is 1.07 bits per heavy atom.